The fourth-order valence-corrected chi connectivity index (χ4v) is 1.03. The standard InChI is InChI=1S/C10H8N2.BrH/c1-3-7-11-9(5-1)10-6-2-4-8-12-10;/h1-8H;1H. The van der Waals surface area contributed by atoms with Crippen LogP contribution < -0.4 is 0 Å². The topological polar surface area (TPSA) is 25.8 Å². The Labute approximate surface area is 87.4 Å². The summed E-state index contributed by atoms with van der Waals surface area (Å²) in [5.74, 6) is 0. The Morgan fingerprint density at radius 3 is 1.46 bits per heavy atom. The van der Waals surface area contributed by atoms with Gasteiger partial charge in [0.25, 0.3) is 0 Å². The molecule has 2 aromatic rings. The van der Waals surface area contributed by atoms with Gasteiger partial charge in [-0.05, 0) is 24.3 Å². The van der Waals surface area contributed by atoms with Crippen molar-refractivity contribution in [2.45, 2.75) is 0 Å². The van der Waals surface area contributed by atoms with E-state index in [4.69, 9.17) is 0 Å². The molecule has 3 heteroatoms. The van der Waals surface area contributed by atoms with Crippen LogP contribution in [0.3, 0.4) is 0 Å². The van der Waals surface area contributed by atoms with Gasteiger partial charge in [0.05, 0.1) is 11.4 Å². The predicted octanol–water partition coefficient (Wildman–Crippen LogP) is 2.72. The number of rotatable bonds is 1. The first-order chi connectivity index (χ1) is 5.97. The van der Waals surface area contributed by atoms with Gasteiger partial charge in [-0.15, -0.1) is 17.0 Å². The minimum absolute atomic E-state index is 0. The molecule has 0 spiro atoms. The fourth-order valence-electron chi connectivity index (χ4n) is 1.03. The predicted molar refractivity (Wildman–Crippen MR) is 57.8 cm³/mol. The second-order valence-corrected chi connectivity index (χ2v) is 2.43. The maximum atomic E-state index is 4.19. The van der Waals surface area contributed by atoms with Gasteiger partial charge in [-0.25, -0.2) is 0 Å². The van der Waals surface area contributed by atoms with Crippen molar-refractivity contribution in [3.05, 3.63) is 48.8 Å². The van der Waals surface area contributed by atoms with Gasteiger partial charge in [0.2, 0.25) is 0 Å². The van der Waals surface area contributed by atoms with E-state index in [0.29, 0.717) is 0 Å². The smallest absolute Gasteiger partial charge is 0.0886 e. The van der Waals surface area contributed by atoms with Crippen LogP contribution in [0.4, 0.5) is 0 Å². The molecule has 0 aliphatic rings. The molecule has 0 aliphatic carbocycles. The van der Waals surface area contributed by atoms with Crippen molar-refractivity contribution in [2.24, 2.45) is 0 Å². The molecule has 0 saturated carbocycles. The minimum atomic E-state index is 0. The highest BCUT2D eigenvalue weighted by atomic mass is 79.9. The average molecular weight is 237 g/mol. The Morgan fingerprint density at radius 1 is 0.692 bits per heavy atom. The maximum Gasteiger partial charge on any atom is 0.0886 e. The van der Waals surface area contributed by atoms with E-state index in [9.17, 15) is 0 Å². The van der Waals surface area contributed by atoms with Crippen LogP contribution in [-0.2, 0) is 0 Å². The van der Waals surface area contributed by atoms with Crippen molar-refractivity contribution in [3.63, 3.8) is 0 Å². The van der Waals surface area contributed by atoms with Crippen LogP contribution in [0.1, 0.15) is 0 Å². The molecular weight excluding hydrogens is 228 g/mol. The normalized spacial score (nSPS) is 8.92. The molecule has 0 atom stereocenters. The van der Waals surface area contributed by atoms with Gasteiger partial charge >= 0.3 is 0 Å². The van der Waals surface area contributed by atoms with Crippen molar-refractivity contribution >= 4 is 17.0 Å². The summed E-state index contributed by atoms with van der Waals surface area (Å²) >= 11 is 0. The van der Waals surface area contributed by atoms with Crippen LogP contribution in [-0.4, -0.2) is 9.97 Å². The van der Waals surface area contributed by atoms with Gasteiger partial charge in [0.15, 0.2) is 0 Å². The summed E-state index contributed by atoms with van der Waals surface area (Å²) in [6.45, 7) is 0. The molecule has 66 valence electrons. The maximum absolute atomic E-state index is 4.19. The first-order valence-corrected chi connectivity index (χ1v) is 3.79. The molecule has 0 fully saturated rings. The van der Waals surface area contributed by atoms with E-state index in [1.54, 1.807) is 12.4 Å². The largest absolute Gasteiger partial charge is 0.255 e. The van der Waals surface area contributed by atoms with Gasteiger partial charge < -0.3 is 0 Å². The number of hydrogen-bond donors (Lipinski definition) is 0. The summed E-state index contributed by atoms with van der Waals surface area (Å²) in [6, 6.07) is 11.6. The summed E-state index contributed by atoms with van der Waals surface area (Å²) in [6.07, 6.45) is 3.54. The first kappa shape index (κ1) is 9.86. The first-order valence-electron chi connectivity index (χ1n) is 3.79. The second kappa shape index (κ2) is 4.72. The molecule has 0 aliphatic heterocycles. The lowest BCUT2D eigenvalue weighted by molar-refractivity contribution is 1.25. The summed E-state index contributed by atoms with van der Waals surface area (Å²) in [5, 5.41) is 0. The van der Waals surface area contributed by atoms with Crippen LogP contribution in [0, 0.1) is 0 Å². The Hall–Kier alpha value is -1.22. The molecule has 13 heavy (non-hydrogen) atoms. The van der Waals surface area contributed by atoms with E-state index >= 15 is 0 Å². The number of nitrogens with zero attached hydrogens (tertiary/aromatic N) is 2. The van der Waals surface area contributed by atoms with Gasteiger partial charge in [0.1, 0.15) is 0 Å². The average Bonchev–Trinajstić information content (AvgIpc) is 2.21. The van der Waals surface area contributed by atoms with E-state index < -0.39 is 0 Å². The molecular formula is C10H9BrN2. The molecule has 0 N–H and O–H groups in total. The van der Waals surface area contributed by atoms with Crippen LogP contribution in [0.25, 0.3) is 11.4 Å². The summed E-state index contributed by atoms with van der Waals surface area (Å²) in [7, 11) is 0. The number of pyridine rings is 2. The number of halogens is 1. The third kappa shape index (κ3) is 2.36. The Kier molecular flexibility index (Phi) is 3.58. The third-order valence-corrected chi connectivity index (χ3v) is 1.59. The van der Waals surface area contributed by atoms with E-state index in [-0.39, 0.29) is 17.0 Å². The molecule has 0 amide bonds. The zero-order chi connectivity index (χ0) is 8.23. The minimum Gasteiger partial charge on any atom is -0.255 e. The van der Waals surface area contributed by atoms with Crippen molar-refractivity contribution in [3.8, 4) is 11.4 Å². The van der Waals surface area contributed by atoms with Crippen LogP contribution in [0.15, 0.2) is 48.8 Å². The fraction of sp³-hybridized carbons (Fsp3) is 0. The molecule has 2 aromatic heterocycles. The lowest BCUT2D eigenvalue weighted by Gasteiger charge is -1.96. The molecule has 0 radical (unpaired) electrons. The molecule has 2 rings (SSSR count). The lowest BCUT2D eigenvalue weighted by Crippen LogP contribution is -1.83. The quantitative estimate of drug-likeness (QED) is 0.762. The molecule has 2 nitrogen and oxygen atoms in total. The molecule has 0 saturated heterocycles. The summed E-state index contributed by atoms with van der Waals surface area (Å²) < 4.78 is 0. The van der Waals surface area contributed by atoms with Gasteiger partial charge in [-0.2, -0.15) is 0 Å². The van der Waals surface area contributed by atoms with Crippen molar-refractivity contribution in [1.82, 2.24) is 9.97 Å². The monoisotopic (exact) mass is 236 g/mol. The van der Waals surface area contributed by atoms with Crippen molar-refractivity contribution < 1.29 is 0 Å². The lowest BCUT2D eigenvalue weighted by atomic mass is 10.2. The Morgan fingerprint density at radius 2 is 1.15 bits per heavy atom. The van der Waals surface area contributed by atoms with Gasteiger partial charge in [-0.3, -0.25) is 9.97 Å². The third-order valence-electron chi connectivity index (χ3n) is 1.59. The van der Waals surface area contributed by atoms with Crippen molar-refractivity contribution in [2.75, 3.05) is 0 Å². The SMILES string of the molecule is Br.c1ccc(-c2ccccn2)nc1. The Bertz CT molecular complexity index is 310. The van der Waals surface area contributed by atoms with E-state index in [0.717, 1.165) is 11.4 Å². The molecule has 2 heterocycles. The van der Waals surface area contributed by atoms with Crippen LogP contribution in [0.2, 0.25) is 0 Å². The highest BCUT2D eigenvalue weighted by Crippen LogP contribution is 2.10. The van der Waals surface area contributed by atoms with E-state index in [1.807, 2.05) is 36.4 Å². The molecule has 0 bridgehead atoms. The second-order valence-electron chi connectivity index (χ2n) is 2.43. The van der Waals surface area contributed by atoms with Crippen LogP contribution >= 0.6 is 17.0 Å². The van der Waals surface area contributed by atoms with Gasteiger partial charge in [0, 0.05) is 12.4 Å². The van der Waals surface area contributed by atoms with E-state index in [2.05, 4.69) is 9.97 Å². The summed E-state index contributed by atoms with van der Waals surface area (Å²) in [4.78, 5) is 8.37. The zero-order valence-electron chi connectivity index (χ0n) is 6.92. The zero-order valence-corrected chi connectivity index (χ0v) is 8.63. The Balaban J connectivity index is 0.000000845. The molecule has 0 aromatic carbocycles. The van der Waals surface area contributed by atoms with E-state index in [1.165, 1.54) is 0 Å². The number of hydrogen-bond acceptors (Lipinski definition) is 2. The summed E-state index contributed by atoms with van der Waals surface area (Å²) in [5.41, 5.74) is 1.83. The molecule has 0 unspecified atom stereocenters. The highest BCUT2D eigenvalue weighted by molar-refractivity contribution is 8.93. The number of aromatic nitrogens is 2. The van der Waals surface area contributed by atoms with Crippen LogP contribution in [0.5, 0.6) is 0 Å². The highest BCUT2D eigenvalue weighted by Gasteiger charge is 1.95. The van der Waals surface area contributed by atoms with Gasteiger partial charge in [-0.1, -0.05) is 12.1 Å². The van der Waals surface area contributed by atoms with Crippen molar-refractivity contribution in [1.29, 1.82) is 0 Å².